The van der Waals surface area contributed by atoms with Gasteiger partial charge in [0.05, 0.1) is 12.7 Å². The fourth-order valence-corrected chi connectivity index (χ4v) is 1.19. The molecular weight excluding hydrogens is 226 g/mol. The van der Waals surface area contributed by atoms with Crippen LogP contribution < -0.4 is 10.1 Å². The number of benzene rings is 1. The Balaban J connectivity index is 2.57. The Hall–Kier alpha value is -1.67. The molecule has 1 N–H and O–H groups in total. The molecule has 0 aliphatic rings. The van der Waals surface area contributed by atoms with Gasteiger partial charge < -0.3 is 10.1 Å². The molecule has 0 bridgehead atoms. The highest BCUT2D eigenvalue weighted by Crippen LogP contribution is 2.19. The molecule has 0 heterocycles. The molecule has 5 heteroatoms. The maximum atomic E-state index is 13.2. The monoisotopic (exact) mass is 240 g/mol. The summed E-state index contributed by atoms with van der Waals surface area (Å²) in [7, 11) is 1.66. The zero-order chi connectivity index (χ0) is 12.9. The average molecular weight is 240 g/mol. The van der Waals surface area contributed by atoms with E-state index in [9.17, 15) is 8.78 Å². The third kappa shape index (κ3) is 3.68. The van der Waals surface area contributed by atoms with Gasteiger partial charge in [-0.05, 0) is 26.1 Å². The molecule has 0 aliphatic heterocycles. The maximum Gasteiger partial charge on any atom is 0.165 e. The fourth-order valence-electron chi connectivity index (χ4n) is 1.19. The Bertz CT molecular complexity index is 431. The van der Waals surface area contributed by atoms with Crippen molar-refractivity contribution in [3.63, 3.8) is 0 Å². The zero-order valence-electron chi connectivity index (χ0n) is 9.76. The van der Waals surface area contributed by atoms with Gasteiger partial charge in [0.1, 0.15) is 11.4 Å². The first-order valence-electron chi connectivity index (χ1n) is 5.19. The molecule has 0 spiro atoms. The van der Waals surface area contributed by atoms with E-state index in [0.717, 1.165) is 18.2 Å². The van der Waals surface area contributed by atoms with E-state index in [1.807, 2.05) is 0 Å². The quantitative estimate of drug-likeness (QED) is 0.858. The number of nitrogens with one attached hydrogen (secondary N) is 1. The summed E-state index contributed by atoms with van der Waals surface area (Å²) in [6, 6.07) is 5.10. The second-order valence-electron chi connectivity index (χ2n) is 3.87. The summed E-state index contributed by atoms with van der Waals surface area (Å²) in [6.45, 7) is 1.84. The lowest BCUT2D eigenvalue weighted by atomic mass is 10.0. The van der Waals surface area contributed by atoms with E-state index in [1.54, 1.807) is 14.0 Å². The van der Waals surface area contributed by atoms with Crippen molar-refractivity contribution >= 4 is 0 Å². The van der Waals surface area contributed by atoms with Gasteiger partial charge in [-0.3, -0.25) is 0 Å². The second kappa shape index (κ2) is 5.60. The molecule has 1 aromatic carbocycles. The minimum atomic E-state index is -0.732. The van der Waals surface area contributed by atoms with Crippen molar-refractivity contribution in [2.45, 2.75) is 18.9 Å². The van der Waals surface area contributed by atoms with Crippen molar-refractivity contribution in [2.24, 2.45) is 0 Å². The van der Waals surface area contributed by atoms with E-state index in [1.165, 1.54) is 0 Å². The van der Waals surface area contributed by atoms with Crippen molar-refractivity contribution in [3.8, 4) is 11.8 Å². The topological polar surface area (TPSA) is 45.0 Å². The Kier molecular flexibility index (Phi) is 4.41. The summed E-state index contributed by atoms with van der Waals surface area (Å²) in [5.41, 5.74) is -0.732. The normalized spacial score (nSPS) is 13.8. The summed E-state index contributed by atoms with van der Waals surface area (Å²) in [5.74, 6) is -1.31. The number of nitrogens with zero attached hydrogens (tertiary/aromatic N) is 1. The second-order valence-corrected chi connectivity index (χ2v) is 3.87. The molecule has 1 rings (SSSR count). The molecular formula is C12H14F2N2O. The van der Waals surface area contributed by atoms with Crippen LogP contribution in [0, 0.1) is 23.0 Å². The van der Waals surface area contributed by atoms with Crippen molar-refractivity contribution in [2.75, 3.05) is 13.7 Å². The highest BCUT2D eigenvalue weighted by Gasteiger charge is 2.21. The highest BCUT2D eigenvalue weighted by atomic mass is 19.1. The van der Waals surface area contributed by atoms with Gasteiger partial charge in [-0.2, -0.15) is 5.26 Å². The number of rotatable bonds is 5. The lowest BCUT2D eigenvalue weighted by molar-refractivity contribution is 0.261. The van der Waals surface area contributed by atoms with Crippen LogP contribution in [0.25, 0.3) is 0 Å². The molecule has 0 aromatic heterocycles. The molecule has 1 atom stereocenters. The van der Waals surface area contributed by atoms with Crippen LogP contribution >= 0.6 is 0 Å². The van der Waals surface area contributed by atoms with Gasteiger partial charge in [0, 0.05) is 12.5 Å². The van der Waals surface area contributed by atoms with Crippen LogP contribution in [0.4, 0.5) is 8.78 Å². The van der Waals surface area contributed by atoms with Crippen LogP contribution in [0.2, 0.25) is 0 Å². The predicted molar refractivity (Wildman–Crippen MR) is 59.5 cm³/mol. The molecule has 1 unspecified atom stereocenters. The lowest BCUT2D eigenvalue weighted by Crippen LogP contribution is -2.39. The molecule has 0 saturated carbocycles. The molecule has 0 aliphatic carbocycles. The van der Waals surface area contributed by atoms with E-state index in [2.05, 4.69) is 11.4 Å². The first kappa shape index (κ1) is 13.4. The van der Waals surface area contributed by atoms with Crippen molar-refractivity contribution in [3.05, 3.63) is 29.8 Å². The summed E-state index contributed by atoms with van der Waals surface area (Å²) < 4.78 is 31.1. The molecule has 1 aromatic rings. The first-order valence-corrected chi connectivity index (χ1v) is 5.19. The number of halogens is 2. The number of hydrogen-bond acceptors (Lipinski definition) is 3. The third-order valence-electron chi connectivity index (χ3n) is 2.55. The summed E-state index contributed by atoms with van der Waals surface area (Å²) >= 11 is 0. The largest absolute Gasteiger partial charge is 0.490 e. The maximum absolute atomic E-state index is 13.2. The molecule has 0 amide bonds. The average Bonchev–Trinajstić information content (AvgIpc) is 2.33. The van der Waals surface area contributed by atoms with E-state index in [4.69, 9.17) is 10.00 Å². The third-order valence-corrected chi connectivity index (χ3v) is 2.55. The van der Waals surface area contributed by atoms with Crippen LogP contribution in [-0.2, 0) is 0 Å². The molecule has 0 fully saturated rings. The smallest absolute Gasteiger partial charge is 0.165 e. The van der Waals surface area contributed by atoms with Gasteiger partial charge >= 0.3 is 0 Å². The summed E-state index contributed by atoms with van der Waals surface area (Å²) in [4.78, 5) is 0. The van der Waals surface area contributed by atoms with Crippen LogP contribution in [-0.4, -0.2) is 19.2 Å². The number of nitriles is 1. The zero-order valence-corrected chi connectivity index (χ0v) is 9.76. The number of hydrogen-bond donors (Lipinski definition) is 1. The van der Waals surface area contributed by atoms with Crippen LogP contribution in [0.1, 0.15) is 13.3 Å². The Morgan fingerprint density at radius 3 is 2.76 bits per heavy atom. The van der Waals surface area contributed by atoms with Gasteiger partial charge in [-0.1, -0.05) is 0 Å². The standard InChI is InChI=1S/C12H14F2N2O/c1-12(8-15,16-2)5-6-17-11-7-9(13)3-4-10(11)14/h3-4,7,16H,5-6H2,1-2H3. The Morgan fingerprint density at radius 2 is 2.18 bits per heavy atom. The minimum Gasteiger partial charge on any atom is -0.490 e. The van der Waals surface area contributed by atoms with Gasteiger partial charge in [-0.15, -0.1) is 0 Å². The van der Waals surface area contributed by atoms with Crippen LogP contribution in [0.5, 0.6) is 5.75 Å². The minimum absolute atomic E-state index is 0.130. The van der Waals surface area contributed by atoms with Gasteiger partial charge in [0.2, 0.25) is 0 Å². The Morgan fingerprint density at radius 1 is 1.47 bits per heavy atom. The SMILES string of the molecule is CNC(C)(C#N)CCOc1cc(F)ccc1F. The van der Waals surface area contributed by atoms with Crippen molar-refractivity contribution < 1.29 is 13.5 Å². The van der Waals surface area contributed by atoms with E-state index in [-0.39, 0.29) is 12.4 Å². The van der Waals surface area contributed by atoms with Gasteiger partial charge in [-0.25, -0.2) is 8.78 Å². The van der Waals surface area contributed by atoms with Crippen molar-refractivity contribution in [1.29, 1.82) is 5.26 Å². The molecule has 0 saturated heterocycles. The first-order chi connectivity index (χ1) is 8.00. The lowest BCUT2D eigenvalue weighted by Gasteiger charge is -2.20. The van der Waals surface area contributed by atoms with Gasteiger partial charge in [0.25, 0.3) is 0 Å². The summed E-state index contributed by atoms with van der Waals surface area (Å²) in [5, 5.41) is 11.7. The van der Waals surface area contributed by atoms with E-state index < -0.39 is 17.2 Å². The number of ether oxygens (including phenoxy) is 1. The van der Waals surface area contributed by atoms with Crippen molar-refractivity contribution in [1.82, 2.24) is 5.32 Å². The molecule has 3 nitrogen and oxygen atoms in total. The van der Waals surface area contributed by atoms with Gasteiger partial charge in [0.15, 0.2) is 11.6 Å². The summed E-state index contributed by atoms with van der Waals surface area (Å²) in [6.07, 6.45) is 0.371. The Labute approximate surface area is 99.0 Å². The molecule has 17 heavy (non-hydrogen) atoms. The fraction of sp³-hybridized carbons (Fsp3) is 0.417. The van der Waals surface area contributed by atoms with Crippen LogP contribution in [0.15, 0.2) is 18.2 Å². The highest BCUT2D eigenvalue weighted by molar-refractivity contribution is 5.24. The van der Waals surface area contributed by atoms with E-state index >= 15 is 0 Å². The predicted octanol–water partition coefficient (Wildman–Crippen LogP) is 2.24. The molecule has 92 valence electrons. The van der Waals surface area contributed by atoms with E-state index in [0.29, 0.717) is 6.42 Å². The van der Waals surface area contributed by atoms with Crippen LogP contribution in [0.3, 0.4) is 0 Å². The molecule has 0 radical (unpaired) electrons.